The first-order chi connectivity index (χ1) is 10.6. The van der Waals surface area contributed by atoms with E-state index in [4.69, 9.17) is 5.11 Å². The van der Waals surface area contributed by atoms with Gasteiger partial charge < -0.3 is 15.3 Å². The van der Waals surface area contributed by atoms with Gasteiger partial charge in [0.25, 0.3) is 0 Å². The van der Waals surface area contributed by atoms with Gasteiger partial charge in [0.05, 0.1) is 12.3 Å². The van der Waals surface area contributed by atoms with Gasteiger partial charge >= 0.3 is 0 Å². The quantitative estimate of drug-likeness (QED) is 0.879. The summed E-state index contributed by atoms with van der Waals surface area (Å²) in [6.45, 7) is 6.88. The summed E-state index contributed by atoms with van der Waals surface area (Å²) in [5.41, 5.74) is 1.07. The molecular formula is C15H21N5OS. The molecule has 6 nitrogen and oxygen atoms in total. The van der Waals surface area contributed by atoms with Crippen LogP contribution in [0.15, 0.2) is 12.3 Å². The topological polar surface area (TPSA) is 74.2 Å². The van der Waals surface area contributed by atoms with Gasteiger partial charge in [-0.15, -0.1) is 11.3 Å². The third kappa shape index (κ3) is 3.60. The molecule has 0 spiro atoms. The van der Waals surface area contributed by atoms with Gasteiger partial charge in [-0.2, -0.15) is 0 Å². The molecule has 0 aromatic carbocycles. The second-order valence-electron chi connectivity index (χ2n) is 5.64. The Morgan fingerprint density at radius 2 is 2.27 bits per heavy atom. The van der Waals surface area contributed by atoms with Crippen LogP contribution in [0.5, 0.6) is 0 Å². The van der Waals surface area contributed by atoms with E-state index in [0.29, 0.717) is 5.92 Å². The summed E-state index contributed by atoms with van der Waals surface area (Å²) >= 11 is 1.61. The molecule has 0 aliphatic carbocycles. The Kier molecular flexibility index (Phi) is 4.66. The van der Waals surface area contributed by atoms with E-state index in [1.54, 1.807) is 11.3 Å². The molecule has 7 heteroatoms. The van der Waals surface area contributed by atoms with Crippen LogP contribution < -0.4 is 5.32 Å². The van der Waals surface area contributed by atoms with Gasteiger partial charge in [0.2, 0.25) is 0 Å². The first-order valence-electron chi connectivity index (χ1n) is 7.52. The van der Waals surface area contributed by atoms with E-state index >= 15 is 0 Å². The van der Waals surface area contributed by atoms with E-state index in [1.165, 1.54) is 4.88 Å². The van der Waals surface area contributed by atoms with E-state index in [-0.39, 0.29) is 6.61 Å². The molecule has 3 heterocycles. The predicted molar refractivity (Wildman–Crippen MR) is 87.8 cm³/mol. The summed E-state index contributed by atoms with van der Waals surface area (Å²) < 4.78 is 0. The number of nitrogens with one attached hydrogen (secondary N) is 1. The number of nitrogens with zero attached hydrogens (tertiary/aromatic N) is 4. The lowest BCUT2D eigenvalue weighted by Crippen LogP contribution is -2.24. The van der Waals surface area contributed by atoms with Crippen molar-refractivity contribution < 1.29 is 5.11 Å². The number of aromatic nitrogens is 3. The first-order valence-corrected chi connectivity index (χ1v) is 8.34. The molecule has 1 aliphatic rings. The molecule has 1 aliphatic heterocycles. The lowest BCUT2D eigenvalue weighted by molar-refractivity contribution is 0.220. The van der Waals surface area contributed by atoms with Crippen molar-refractivity contribution >= 4 is 22.3 Å². The standard InChI is InChI=1S/C15H21N5OS/c1-10-8-16-15(22-10)19-14-7-13(17-11(2)18-14)12-3-4-20(9-12)5-6-21/h7-8,12,21H,3-6,9H2,1-2H3,(H,16,17,18,19). The number of rotatable bonds is 5. The van der Waals surface area contributed by atoms with Crippen LogP contribution in [0, 0.1) is 13.8 Å². The third-order valence-corrected chi connectivity index (χ3v) is 4.65. The zero-order valence-electron chi connectivity index (χ0n) is 12.9. The third-order valence-electron chi connectivity index (χ3n) is 3.82. The van der Waals surface area contributed by atoms with E-state index in [9.17, 15) is 0 Å². The van der Waals surface area contributed by atoms with Crippen molar-refractivity contribution in [2.24, 2.45) is 0 Å². The highest BCUT2D eigenvalue weighted by atomic mass is 32.1. The van der Waals surface area contributed by atoms with Crippen LogP contribution >= 0.6 is 11.3 Å². The van der Waals surface area contributed by atoms with E-state index in [1.807, 2.05) is 26.1 Å². The summed E-state index contributed by atoms with van der Waals surface area (Å²) in [5, 5.41) is 13.2. The molecule has 1 saturated heterocycles. The summed E-state index contributed by atoms with van der Waals surface area (Å²) in [4.78, 5) is 16.8. The lowest BCUT2D eigenvalue weighted by atomic mass is 10.0. The monoisotopic (exact) mass is 319 g/mol. The number of β-amino-alcohol motifs (C(OH)–C–C–N with tert-alkyl or cyclic N) is 1. The van der Waals surface area contributed by atoms with E-state index in [0.717, 1.165) is 48.5 Å². The summed E-state index contributed by atoms with van der Waals surface area (Å²) in [7, 11) is 0. The van der Waals surface area contributed by atoms with Crippen molar-refractivity contribution in [3.8, 4) is 0 Å². The SMILES string of the molecule is Cc1nc(Nc2ncc(C)s2)cc(C2CCN(CCO)C2)n1. The summed E-state index contributed by atoms with van der Waals surface area (Å²) in [6.07, 6.45) is 2.93. The van der Waals surface area contributed by atoms with Crippen LogP contribution in [0.3, 0.4) is 0 Å². The van der Waals surface area contributed by atoms with Crippen molar-refractivity contribution in [1.29, 1.82) is 0 Å². The molecule has 22 heavy (non-hydrogen) atoms. The minimum absolute atomic E-state index is 0.214. The molecule has 3 rings (SSSR count). The Balaban J connectivity index is 1.75. The molecule has 1 unspecified atom stereocenters. The van der Waals surface area contributed by atoms with Gasteiger partial charge in [-0.1, -0.05) is 0 Å². The van der Waals surface area contributed by atoms with Crippen molar-refractivity contribution in [2.75, 3.05) is 31.6 Å². The number of thiazole rings is 1. The maximum Gasteiger partial charge on any atom is 0.188 e. The predicted octanol–water partition coefficient (Wildman–Crippen LogP) is 2.08. The number of aliphatic hydroxyl groups excluding tert-OH is 1. The molecule has 2 aromatic heterocycles. The molecular weight excluding hydrogens is 298 g/mol. The maximum absolute atomic E-state index is 9.05. The van der Waals surface area contributed by atoms with Crippen LogP contribution in [-0.4, -0.2) is 51.2 Å². The molecule has 0 radical (unpaired) electrons. The highest BCUT2D eigenvalue weighted by Crippen LogP contribution is 2.28. The van der Waals surface area contributed by atoms with Gasteiger partial charge in [-0.25, -0.2) is 15.0 Å². The lowest BCUT2D eigenvalue weighted by Gasteiger charge is -2.15. The fourth-order valence-electron chi connectivity index (χ4n) is 2.80. The Bertz CT molecular complexity index is 645. The number of likely N-dealkylation sites (tertiary alicyclic amines) is 1. The van der Waals surface area contributed by atoms with Crippen molar-refractivity contribution in [2.45, 2.75) is 26.2 Å². The number of aliphatic hydroxyl groups is 1. The molecule has 118 valence electrons. The smallest absolute Gasteiger partial charge is 0.188 e. The number of hydrogen-bond donors (Lipinski definition) is 2. The zero-order chi connectivity index (χ0) is 15.5. The Hall–Kier alpha value is -1.57. The fraction of sp³-hybridized carbons (Fsp3) is 0.533. The number of hydrogen-bond acceptors (Lipinski definition) is 7. The van der Waals surface area contributed by atoms with Crippen molar-refractivity contribution in [3.63, 3.8) is 0 Å². The molecule has 0 saturated carbocycles. The number of anilines is 2. The van der Waals surface area contributed by atoms with Crippen molar-refractivity contribution in [1.82, 2.24) is 19.9 Å². The Morgan fingerprint density at radius 3 is 3.00 bits per heavy atom. The zero-order valence-corrected chi connectivity index (χ0v) is 13.7. The van der Waals surface area contributed by atoms with Crippen molar-refractivity contribution in [3.05, 3.63) is 28.7 Å². The van der Waals surface area contributed by atoms with E-state index in [2.05, 4.69) is 25.2 Å². The minimum Gasteiger partial charge on any atom is -0.395 e. The average molecular weight is 319 g/mol. The minimum atomic E-state index is 0.214. The largest absolute Gasteiger partial charge is 0.395 e. The second-order valence-corrected chi connectivity index (χ2v) is 6.87. The van der Waals surface area contributed by atoms with E-state index < -0.39 is 0 Å². The number of aryl methyl sites for hydroxylation is 2. The van der Waals surface area contributed by atoms with Crippen LogP contribution in [0.1, 0.15) is 28.7 Å². The highest BCUT2D eigenvalue weighted by Gasteiger charge is 2.25. The molecule has 1 atom stereocenters. The van der Waals surface area contributed by atoms with Gasteiger partial charge in [-0.3, -0.25) is 0 Å². The molecule has 0 amide bonds. The molecule has 2 aromatic rings. The summed E-state index contributed by atoms with van der Waals surface area (Å²) in [6, 6.07) is 2.02. The van der Waals surface area contributed by atoms with Gasteiger partial charge in [0.15, 0.2) is 5.13 Å². The van der Waals surface area contributed by atoms with Crippen LogP contribution in [0.4, 0.5) is 10.9 Å². The normalized spacial score (nSPS) is 18.8. The maximum atomic E-state index is 9.05. The van der Waals surface area contributed by atoms with Crippen LogP contribution in [0.25, 0.3) is 0 Å². The van der Waals surface area contributed by atoms with Gasteiger partial charge in [0, 0.05) is 36.1 Å². The average Bonchev–Trinajstić information content (AvgIpc) is 3.08. The second kappa shape index (κ2) is 6.68. The van der Waals surface area contributed by atoms with Gasteiger partial charge in [0.1, 0.15) is 11.6 Å². The molecule has 0 bridgehead atoms. The fourth-order valence-corrected chi connectivity index (χ4v) is 3.48. The summed E-state index contributed by atoms with van der Waals surface area (Å²) in [5.74, 6) is 1.98. The van der Waals surface area contributed by atoms with Crippen LogP contribution in [0.2, 0.25) is 0 Å². The molecule has 1 fully saturated rings. The highest BCUT2D eigenvalue weighted by molar-refractivity contribution is 7.15. The first kappa shape index (κ1) is 15.3. The molecule has 2 N–H and O–H groups in total. The Morgan fingerprint density at radius 1 is 1.41 bits per heavy atom. The Labute approximate surface area is 134 Å². The van der Waals surface area contributed by atoms with Gasteiger partial charge in [-0.05, 0) is 26.8 Å². The van der Waals surface area contributed by atoms with Crippen LogP contribution in [-0.2, 0) is 0 Å².